The van der Waals surface area contributed by atoms with Crippen LogP contribution in [-0.2, 0) is 12.7 Å². The van der Waals surface area contributed by atoms with Gasteiger partial charge in [-0.15, -0.1) is 0 Å². The molecule has 1 N–H and O–H groups in total. The van der Waals surface area contributed by atoms with Crippen LogP contribution in [0.4, 0.5) is 27.6 Å². The Morgan fingerprint density at radius 2 is 1.71 bits per heavy atom. The lowest BCUT2D eigenvalue weighted by atomic mass is 10.1. The van der Waals surface area contributed by atoms with Crippen LogP contribution in [0, 0.1) is 11.6 Å². The van der Waals surface area contributed by atoms with Gasteiger partial charge in [0.15, 0.2) is 0 Å². The largest absolute Gasteiger partial charge is 0.416 e. The number of hydrogen-bond acceptors (Lipinski definition) is 1. The fourth-order valence-corrected chi connectivity index (χ4v) is 1.95. The van der Waals surface area contributed by atoms with E-state index in [9.17, 15) is 22.0 Å². The molecule has 0 aromatic heterocycles. The van der Waals surface area contributed by atoms with Crippen molar-refractivity contribution >= 4 is 17.3 Å². The van der Waals surface area contributed by atoms with Gasteiger partial charge in [0.2, 0.25) is 0 Å². The first-order valence-corrected chi connectivity index (χ1v) is 6.19. The van der Waals surface area contributed by atoms with Gasteiger partial charge in [-0.2, -0.15) is 13.2 Å². The average molecular weight is 322 g/mol. The highest BCUT2D eigenvalue weighted by atomic mass is 35.5. The van der Waals surface area contributed by atoms with Gasteiger partial charge in [0.1, 0.15) is 11.6 Å². The molecule has 2 aromatic carbocycles. The van der Waals surface area contributed by atoms with Gasteiger partial charge in [-0.3, -0.25) is 0 Å². The van der Waals surface area contributed by atoms with E-state index < -0.39 is 23.4 Å². The van der Waals surface area contributed by atoms with E-state index in [2.05, 4.69) is 5.32 Å². The summed E-state index contributed by atoms with van der Waals surface area (Å²) in [5.41, 5.74) is -0.680. The highest BCUT2D eigenvalue weighted by Crippen LogP contribution is 2.33. The summed E-state index contributed by atoms with van der Waals surface area (Å²) in [4.78, 5) is 0. The van der Waals surface area contributed by atoms with Crippen LogP contribution in [0.15, 0.2) is 36.4 Å². The van der Waals surface area contributed by atoms with Crippen LogP contribution >= 0.6 is 11.6 Å². The van der Waals surface area contributed by atoms with Crippen molar-refractivity contribution in [3.63, 3.8) is 0 Å². The lowest BCUT2D eigenvalue weighted by Crippen LogP contribution is -2.07. The molecule has 0 saturated carbocycles. The zero-order chi connectivity index (χ0) is 15.6. The van der Waals surface area contributed by atoms with Crippen LogP contribution in [0.1, 0.15) is 11.1 Å². The quantitative estimate of drug-likeness (QED) is 0.761. The molecule has 0 aliphatic heterocycles. The summed E-state index contributed by atoms with van der Waals surface area (Å²) < 4.78 is 64.1. The Morgan fingerprint density at radius 1 is 1.00 bits per heavy atom. The SMILES string of the molecule is Fc1ccc(CNc2cc(Cl)cc(C(F)(F)F)c2)c(F)c1. The Balaban J connectivity index is 2.18. The van der Waals surface area contributed by atoms with E-state index in [0.29, 0.717) is 6.07 Å². The van der Waals surface area contributed by atoms with Crippen LogP contribution in [0.25, 0.3) is 0 Å². The molecule has 0 spiro atoms. The Kier molecular flexibility index (Phi) is 4.37. The number of nitrogens with one attached hydrogen (secondary N) is 1. The zero-order valence-electron chi connectivity index (χ0n) is 10.4. The molecule has 2 aromatic rings. The van der Waals surface area contributed by atoms with Crippen molar-refractivity contribution in [1.29, 1.82) is 0 Å². The van der Waals surface area contributed by atoms with Gasteiger partial charge < -0.3 is 5.32 Å². The molecule has 0 bridgehead atoms. The van der Waals surface area contributed by atoms with Crippen LogP contribution in [0.5, 0.6) is 0 Å². The summed E-state index contributed by atoms with van der Waals surface area (Å²) in [6.45, 7) is -0.0935. The first-order chi connectivity index (χ1) is 9.75. The van der Waals surface area contributed by atoms with E-state index in [1.165, 1.54) is 12.1 Å². The molecule has 21 heavy (non-hydrogen) atoms. The molecule has 2 rings (SSSR count). The van der Waals surface area contributed by atoms with Crippen molar-refractivity contribution in [2.45, 2.75) is 12.7 Å². The number of hydrogen-bond donors (Lipinski definition) is 1. The highest BCUT2D eigenvalue weighted by Gasteiger charge is 2.31. The van der Waals surface area contributed by atoms with Gasteiger partial charge in [0.25, 0.3) is 0 Å². The van der Waals surface area contributed by atoms with Crippen molar-refractivity contribution in [3.05, 3.63) is 64.2 Å². The van der Waals surface area contributed by atoms with Crippen molar-refractivity contribution in [2.24, 2.45) is 0 Å². The number of halogens is 6. The van der Waals surface area contributed by atoms with E-state index in [1.54, 1.807) is 0 Å². The molecule has 0 unspecified atom stereocenters. The lowest BCUT2D eigenvalue weighted by Gasteiger charge is -2.12. The maximum absolute atomic E-state index is 13.4. The first-order valence-electron chi connectivity index (χ1n) is 5.81. The van der Waals surface area contributed by atoms with Crippen molar-refractivity contribution < 1.29 is 22.0 Å². The molecule has 112 valence electrons. The second kappa shape index (κ2) is 5.89. The second-order valence-electron chi connectivity index (χ2n) is 4.32. The summed E-state index contributed by atoms with van der Waals surface area (Å²) in [5.74, 6) is -1.50. The van der Waals surface area contributed by atoms with Crippen LogP contribution < -0.4 is 5.32 Å². The molecule has 0 fully saturated rings. The minimum absolute atomic E-state index is 0.0908. The summed E-state index contributed by atoms with van der Waals surface area (Å²) in [6, 6.07) is 5.94. The predicted molar refractivity (Wildman–Crippen MR) is 70.1 cm³/mol. The summed E-state index contributed by atoms with van der Waals surface area (Å²) >= 11 is 5.63. The van der Waals surface area contributed by atoms with Gasteiger partial charge >= 0.3 is 6.18 Å². The second-order valence-corrected chi connectivity index (χ2v) is 4.75. The van der Waals surface area contributed by atoms with Gasteiger partial charge in [-0.1, -0.05) is 17.7 Å². The molecule has 0 amide bonds. The normalized spacial score (nSPS) is 11.5. The Morgan fingerprint density at radius 3 is 2.33 bits per heavy atom. The topological polar surface area (TPSA) is 12.0 Å². The number of benzene rings is 2. The third-order valence-electron chi connectivity index (χ3n) is 2.72. The molecule has 0 aliphatic rings. The third-order valence-corrected chi connectivity index (χ3v) is 2.94. The lowest BCUT2D eigenvalue weighted by molar-refractivity contribution is -0.137. The van der Waals surface area contributed by atoms with Crippen molar-refractivity contribution in [3.8, 4) is 0 Å². The molecule has 0 saturated heterocycles. The molecular formula is C14H9ClF5N. The van der Waals surface area contributed by atoms with E-state index >= 15 is 0 Å². The molecule has 0 aliphatic carbocycles. The minimum Gasteiger partial charge on any atom is -0.381 e. The molecular weight excluding hydrogens is 313 g/mol. The average Bonchev–Trinajstić information content (AvgIpc) is 2.36. The smallest absolute Gasteiger partial charge is 0.381 e. The van der Waals surface area contributed by atoms with Crippen LogP contribution in [0.3, 0.4) is 0 Å². The maximum Gasteiger partial charge on any atom is 0.416 e. The minimum atomic E-state index is -4.53. The highest BCUT2D eigenvalue weighted by molar-refractivity contribution is 6.30. The zero-order valence-corrected chi connectivity index (χ0v) is 11.2. The molecule has 7 heteroatoms. The fraction of sp³-hybridized carbons (Fsp3) is 0.143. The van der Waals surface area contributed by atoms with Crippen LogP contribution in [0.2, 0.25) is 5.02 Å². The number of alkyl halides is 3. The molecule has 0 heterocycles. The summed E-state index contributed by atoms with van der Waals surface area (Å²) in [6.07, 6.45) is -4.53. The molecule has 0 radical (unpaired) electrons. The Bertz CT molecular complexity index is 654. The van der Waals surface area contributed by atoms with E-state index in [-0.39, 0.29) is 22.8 Å². The first kappa shape index (κ1) is 15.6. The molecule has 1 nitrogen and oxygen atoms in total. The monoisotopic (exact) mass is 321 g/mol. The van der Waals surface area contributed by atoms with Crippen molar-refractivity contribution in [2.75, 3.05) is 5.32 Å². The maximum atomic E-state index is 13.4. The predicted octanol–water partition coefficient (Wildman–Crippen LogP) is 5.25. The van der Waals surface area contributed by atoms with Crippen LogP contribution in [-0.4, -0.2) is 0 Å². The van der Waals surface area contributed by atoms with E-state index in [0.717, 1.165) is 18.2 Å². The van der Waals surface area contributed by atoms with E-state index in [1.807, 2.05) is 0 Å². The van der Waals surface area contributed by atoms with E-state index in [4.69, 9.17) is 11.6 Å². The Hall–Kier alpha value is -1.82. The number of anilines is 1. The summed E-state index contributed by atoms with van der Waals surface area (Å²) in [7, 11) is 0. The summed E-state index contributed by atoms with van der Waals surface area (Å²) in [5, 5.41) is 2.54. The van der Waals surface area contributed by atoms with Gasteiger partial charge in [0.05, 0.1) is 5.56 Å². The molecule has 0 atom stereocenters. The van der Waals surface area contributed by atoms with Gasteiger partial charge in [0, 0.05) is 28.9 Å². The number of rotatable bonds is 3. The Labute approximate surface area is 122 Å². The third kappa shape index (κ3) is 4.07. The van der Waals surface area contributed by atoms with Gasteiger partial charge in [-0.25, -0.2) is 8.78 Å². The van der Waals surface area contributed by atoms with Crippen molar-refractivity contribution in [1.82, 2.24) is 0 Å². The fourth-order valence-electron chi connectivity index (χ4n) is 1.72. The standard InChI is InChI=1S/C14H9ClF5N/c15-10-3-9(14(18,19)20)4-12(5-10)21-7-8-1-2-11(16)6-13(8)17/h1-6,21H,7H2. The van der Waals surface area contributed by atoms with Gasteiger partial charge in [-0.05, 0) is 24.3 Å².